The van der Waals surface area contributed by atoms with E-state index < -0.39 is 5.97 Å². The van der Waals surface area contributed by atoms with Gasteiger partial charge in [-0.1, -0.05) is 23.3 Å². The number of carbonyl (C=O) groups is 1. The molecule has 1 aromatic carbocycles. The van der Waals surface area contributed by atoms with Gasteiger partial charge in [-0.15, -0.1) is 0 Å². The summed E-state index contributed by atoms with van der Waals surface area (Å²) in [5, 5.41) is 12.9. The summed E-state index contributed by atoms with van der Waals surface area (Å²) in [6.45, 7) is 6.87. The van der Waals surface area contributed by atoms with Gasteiger partial charge in [0, 0.05) is 6.54 Å². The predicted molar refractivity (Wildman–Crippen MR) is 90.4 cm³/mol. The number of nitrogens with one attached hydrogen (secondary N) is 1. The number of esters is 1. The summed E-state index contributed by atoms with van der Waals surface area (Å²) in [7, 11) is 1.33. The maximum atomic E-state index is 11.5. The molecule has 0 fully saturated rings. The second-order valence-corrected chi connectivity index (χ2v) is 5.48. The van der Waals surface area contributed by atoms with E-state index in [1.54, 1.807) is 6.07 Å². The van der Waals surface area contributed by atoms with E-state index in [4.69, 9.17) is 0 Å². The smallest absolute Gasteiger partial charge is 0.337 e. The first-order valence-corrected chi connectivity index (χ1v) is 7.38. The number of carbonyl (C=O) groups excluding carboxylic acids is 1. The van der Waals surface area contributed by atoms with Crippen LogP contribution in [0, 0.1) is 0 Å². The van der Waals surface area contributed by atoms with E-state index >= 15 is 0 Å². The van der Waals surface area contributed by atoms with E-state index in [0.717, 1.165) is 12.8 Å². The summed E-state index contributed by atoms with van der Waals surface area (Å²) in [5.74, 6) is -0.306. The first-order valence-electron chi connectivity index (χ1n) is 7.38. The van der Waals surface area contributed by atoms with Crippen molar-refractivity contribution in [3.05, 3.63) is 47.1 Å². The summed E-state index contributed by atoms with van der Waals surface area (Å²) in [5.41, 5.74) is 3.55. The molecule has 0 unspecified atom stereocenters. The van der Waals surface area contributed by atoms with Gasteiger partial charge < -0.3 is 15.2 Å². The molecule has 1 aromatic rings. The fourth-order valence-electron chi connectivity index (χ4n) is 1.95. The summed E-state index contributed by atoms with van der Waals surface area (Å²) in [6, 6.07) is 4.61. The minimum atomic E-state index is -0.420. The van der Waals surface area contributed by atoms with E-state index in [0.29, 0.717) is 17.8 Å². The molecule has 4 heteroatoms. The highest BCUT2D eigenvalue weighted by Crippen LogP contribution is 2.24. The lowest BCUT2D eigenvalue weighted by Crippen LogP contribution is -2.04. The third kappa shape index (κ3) is 6.04. The van der Waals surface area contributed by atoms with E-state index in [-0.39, 0.29) is 5.75 Å². The molecule has 22 heavy (non-hydrogen) atoms. The van der Waals surface area contributed by atoms with E-state index in [1.807, 2.05) is 0 Å². The number of methoxy groups -OCH3 is 1. The van der Waals surface area contributed by atoms with E-state index in [9.17, 15) is 9.90 Å². The summed E-state index contributed by atoms with van der Waals surface area (Å²) in [4.78, 5) is 11.5. The predicted octanol–water partition coefficient (Wildman–Crippen LogP) is 4.28. The maximum absolute atomic E-state index is 11.5. The van der Waals surface area contributed by atoms with Crippen LogP contribution in [0.3, 0.4) is 0 Å². The fraction of sp³-hybridized carbons (Fsp3) is 0.389. The number of hydrogen-bond donors (Lipinski definition) is 2. The van der Waals surface area contributed by atoms with Crippen LogP contribution in [-0.4, -0.2) is 24.7 Å². The van der Waals surface area contributed by atoms with E-state index in [2.05, 4.69) is 43.0 Å². The zero-order valence-electron chi connectivity index (χ0n) is 13.8. The van der Waals surface area contributed by atoms with Crippen molar-refractivity contribution in [3.8, 4) is 5.75 Å². The number of hydrogen-bond acceptors (Lipinski definition) is 4. The number of benzene rings is 1. The zero-order valence-corrected chi connectivity index (χ0v) is 13.8. The van der Waals surface area contributed by atoms with Gasteiger partial charge in [0.2, 0.25) is 0 Å². The standard InChI is InChI=1S/C18H25NO3/c1-13(2)6-5-7-14(3)10-11-19-16-12-15(18(21)22-4)8-9-17(16)20/h6,8-10,12,19-20H,5,7,11H2,1-4H3. The largest absolute Gasteiger partial charge is 0.506 e. The van der Waals surface area contributed by atoms with Crippen LogP contribution in [0.15, 0.2) is 41.5 Å². The van der Waals surface area contributed by atoms with Crippen molar-refractivity contribution in [2.24, 2.45) is 0 Å². The first-order chi connectivity index (χ1) is 10.4. The Labute approximate surface area is 132 Å². The van der Waals surface area contributed by atoms with Gasteiger partial charge in [-0.3, -0.25) is 0 Å². The van der Waals surface area contributed by atoms with Gasteiger partial charge in [-0.2, -0.15) is 0 Å². The van der Waals surface area contributed by atoms with Gasteiger partial charge >= 0.3 is 5.97 Å². The van der Waals surface area contributed by atoms with Crippen LogP contribution < -0.4 is 5.32 Å². The Kier molecular flexibility index (Phi) is 7.23. The molecule has 0 saturated carbocycles. The number of phenolic OH excluding ortho intramolecular Hbond substituents is 1. The lowest BCUT2D eigenvalue weighted by atomic mass is 10.1. The number of allylic oxidation sites excluding steroid dienone is 3. The van der Waals surface area contributed by atoms with Crippen molar-refractivity contribution < 1.29 is 14.6 Å². The molecule has 2 N–H and O–H groups in total. The van der Waals surface area contributed by atoms with Crippen LogP contribution in [0.2, 0.25) is 0 Å². The van der Waals surface area contributed by atoms with Crippen LogP contribution in [0.25, 0.3) is 0 Å². The zero-order chi connectivity index (χ0) is 16.5. The highest BCUT2D eigenvalue weighted by Gasteiger charge is 2.08. The SMILES string of the molecule is COC(=O)c1ccc(O)c(NCC=C(C)CCC=C(C)C)c1. The van der Waals surface area contributed by atoms with Gasteiger partial charge in [-0.05, 0) is 51.8 Å². The van der Waals surface area contributed by atoms with Gasteiger partial charge in [0.25, 0.3) is 0 Å². The highest BCUT2D eigenvalue weighted by atomic mass is 16.5. The van der Waals surface area contributed by atoms with E-state index in [1.165, 1.54) is 30.4 Å². The fourth-order valence-corrected chi connectivity index (χ4v) is 1.95. The van der Waals surface area contributed by atoms with Gasteiger partial charge in [-0.25, -0.2) is 4.79 Å². The Bertz CT molecular complexity index is 570. The van der Waals surface area contributed by atoms with Crippen LogP contribution in [-0.2, 0) is 4.74 Å². The Balaban J connectivity index is 2.60. The molecular weight excluding hydrogens is 278 g/mol. The first kappa shape index (κ1) is 17.8. The Hall–Kier alpha value is -2.23. The molecule has 0 aliphatic rings. The minimum Gasteiger partial charge on any atom is -0.506 e. The second kappa shape index (κ2) is 8.93. The maximum Gasteiger partial charge on any atom is 0.337 e. The lowest BCUT2D eigenvalue weighted by molar-refractivity contribution is 0.0601. The van der Waals surface area contributed by atoms with Crippen molar-refractivity contribution in [2.75, 3.05) is 19.0 Å². The van der Waals surface area contributed by atoms with Crippen molar-refractivity contribution in [1.29, 1.82) is 0 Å². The monoisotopic (exact) mass is 303 g/mol. The average Bonchev–Trinajstić information content (AvgIpc) is 2.48. The number of ether oxygens (including phenoxy) is 1. The molecule has 0 amide bonds. The van der Waals surface area contributed by atoms with Crippen molar-refractivity contribution in [2.45, 2.75) is 33.6 Å². The van der Waals surface area contributed by atoms with Crippen molar-refractivity contribution in [3.63, 3.8) is 0 Å². The topological polar surface area (TPSA) is 58.6 Å². The summed E-state index contributed by atoms with van der Waals surface area (Å²) >= 11 is 0. The molecule has 0 spiro atoms. The van der Waals surface area contributed by atoms with Crippen LogP contribution in [0.5, 0.6) is 5.75 Å². The number of aromatic hydroxyl groups is 1. The molecular formula is C18H25NO3. The van der Waals surface area contributed by atoms with Crippen LogP contribution in [0.4, 0.5) is 5.69 Å². The average molecular weight is 303 g/mol. The molecule has 0 heterocycles. The quantitative estimate of drug-likeness (QED) is 0.448. The number of rotatable bonds is 7. The second-order valence-electron chi connectivity index (χ2n) is 5.48. The molecule has 0 aliphatic carbocycles. The molecule has 0 aliphatic heterocycles. The molecule has 1 rings (SSSR count). The normalized spacial score (nSPS) is 11.0. The summed E-state index contributed by atoms with van der Waals surface area (Å²) in [6.07, 6.45) is 6.36. The van der Waals surface area contributed by atoms with Crippen molar-refractivity contribution >= 4 is 11.7 Å². The number of anilines is 1. The van der Waals surface area contributed by atoms with Gasteiger partial charge in [0.05, 0.1) is 18.4 Å². The lowest BCUT2D eigenvalue weighted by Gasteiger charge is -2.09. The minimum absolute atomic E-state index is 0.114. The molecule has 0 atom stereocenters. The van der Waals surface area contributed by atoms with Crippen LogP contribution >= 0.6 is 0 Å². The molecule has 0 saturated heterocycles. The van der Waals surface area contributed by atoms with Gasteiger partial charge in [0.1, 0.15) is 5.75 Å². The third-order valence-corrected chi connectivity index (χ3v) is 3.25. The molecule has 0 aromatic heterocycles. The van der Waals surface area contributed by atoms with Crippen molar-refractivity contribution in [1.82, 2.24) is 0 Å². The molecule has 0 bridgehead atoms. The Morgan fingerprint density at radius 3 is 2.64 bits per heavy atom. The Morgan fingerprint density at radius 1 is 1.27 bits per heavy atom. The molecule has 4 nitrogen and oxygen atoms in total. The third-order valence-electron chi connectivity index (χ3n) is 3.25. The van der Waals surface area contributed by atoms with Gasteiger partial charge in [0.15, 0.2) is 0 Å². The highest BCUT2D eigenvalue weighted by molar-refractivity contribution is 5.91. The molecule has 120 valence electrons. The summed E-state index contributed by atoms with van der Waals surface area (Å²) < 4.78 is 4.67. The molecule has 0 radical (unpaired) electrons. The Morgan fingerprint density at radius 2 is 2.00 bits per heavy atom. The number of phenols is 1. The van der Waals surface area contributed by atoms with Crippen LogP contribution in [0.1, 0.15) is 44.0 Å².